The van der Waals surface area contributed by atoms with E-state index in [0.29, 0.717) is 22.6 Å². The summed E-state index contributed by atoms with van der Waals surface area (Å²) in [5.41, 5.74) is 9.41. The number of ether oxygens (including phenoxy) is 1. The van der Waals surface area contributed by atoms with E-state index in [1.807, 2.05) is 19.1 Å². The molecule has 0 aliphatic heterocycles. The maximum Gasteiger partial charge on any atom is 0.178 e. The van der Waals surface area contributed by atoms with Gasteiger partial charge in [-0.05, 0) is 19.1 Å². The Hall–Kier alpha value is -2.37. The average Bonchev–Trinajstić information content (AvgIpc) is 2.69. The van der Waals surface area contributed by atoms with Crippen LogP contribution in [0.2, 0.25) is 0 Å². The third-order valence-corrected chi connectivity index (χ3v) is 2.64. The van der Waals surface area contributed by atoms with Crippen molar-refractivity contribution in [2.75, 3.05) is 12.8 Å². The first kappa shape index (κ1) is 9.83. The second kappa shape index (κ2) is 3.31. The fourth-order valence-corrected chi connectivity index (χ4v) is 1.89. The van der Waals surface area contributed by atoms with Gasteiger partial charge >= 0.3 is 0 Å². The second-order valence-electron chi connectivity index (χ2n) is 3.81. The summed E-state index contributed by atoms with van der Waals surface area (Å²) in [4.78, 5) is 0. The summed E-state index contributed by atoms with van der Waals surface area (Å²) in [6.07, 6.45) is 0. The molecule has 0 radical (unpaired) electrons. The molecule has 0 saturated carbocycles. The number of benzene rings is 1. The number of anilines is 1. The van der Waals surface area contributed by atoms with Crippen LogP contribution in [0.15, 0.2) is 18.2 Å². The van der Waals surface area contributed by atoms with Crippen LogP contribution in [-0.2, 0) is 0 Å². The number of fused-ring (bicyclic) bond motifs is 3. The van der Waals surface area contributed by atoms with Gasteiger partial charge in [-0.2, -0.15) is 5.10 Å². The molecule has 0 aliphatic rings. The molecule has 6 nitrogen and oxygen atoms in total. The molecule has 0 bridgehead atoms. The van der Waals surface area contributed by atoms with Gasteiger partial charge in [-0.25, -0.2) is 4.52 Å². The minimum absolute atomic E-state index is 0.532. The standard InChI is InChI=1S/C11H11N5O/c1-6-5-9-13-14-10-8(16(9)15-6)4-3-7(12)11(10)17-2/h3-5H,12H2,1-2H3. The Morgan fingerprint density at radius 2 is 2.12 bits per heavy atom. The fraction of sp³-hybridized carbons (Fsp3) is 0.182. The monoisotopic (exact) mass is 229 g/mol. The molecule has 0 aliphatic carbocycles. The molecule has 6 heteroatoms. The third-order valence-electron chi connectivity index (χ3n) is 2.64. The highest BCUT2D eigenvalue weighted by atomic mass is 16.5. The summed E-state index contributed by atoms with van der Waals surface area (Å²) >= 11 is 0. The van der Waals surface area contributed by atoms with Crippen molar-refractivity contribution in [2.24, 2.45) is 0 Å². The van der Waals surface area contributed by atoms with Gasteiger partial charge in [0, 0.05) is 6.07 Å². The molecule has 0 amide bonds. The Labute approximate surface area is 97.0 Å². The van der Waals surface area contributed by atoms with Crippen molar-refractivity contribution in [1.29, 1.82) is 0 Å². The molecular formula is C11H11N5O. The molecule has 1 aromatic carbocycles. The number of nitrogen functional groups attached to an aromatic ring is 1. The first-order valence-electron chi connectivity index (χ1n) is 5.16. The zero-order valence-electron chi connectivity index (χ0n) is 9.51. The summed E-state index contributed by atoms with van der Waals surface area (Å²) in [5.74, 6) is 0.532. The Bertz CT molecular complexity index is 719. The van der Waals surface area contributed by atoms with Gasteiger partial charge in [0.05, 0.1) is 24.0 Å². The lowest BCUT2D eigenvalue weighted by molar-refractivity contribution is 0.420. The molecule has 17 heavy (non-hydrogen) atoms. The van der Waals surface area contributed by atoms with Crippen LogP contribution in [0.4, 0.5) is 5.69 Å². The van der Waals surface area contributed by atoms with Crippen LogP contribution < -0.4 is 10.5 Å². The molecule has 86 valence electrons. The van der Waals surface area contributed by atoms with Gasteiger partial charge in [-0.1, -0.05) is 0 Å². The van der Waals surface area contributed by atoms with E-state index in [-0.39, 0.29) is 0 Å². The van der Waals surface area contributed by atoms with Gasteiger partial charge in [-0.3, -0.25) is 0 Å². The smallest absolute Gasteiger partial charge is 0.178 e. The fourth-order valence-electron chi connectivity index (χ4n) is 1.89. The van der Waals surface area contributed by atoms with Crippen molar-refractivity contribution in [2.45, 2.75) is 6.92 Å². The van der Waals surface area contributed by atoms with Crippen molar-refractivity contribution in [3.63, 3.8) is 0 Å². The summed E-state index contributed by atoms with van der Waals surface area (Å²) in [6, 6.07) is 5.51. The van der Waals surface area contributed by atoms with Crippen molar-refractivity contribution >= 4 is 22.4 Å². The molecule has 2 N–H and O–H groups in total. The van der Waals surface area contributed by atoms with Gasteiger partial charge < -0.3 is 10.5 Å². The quantitative estimate of drug-likeness (QED) is 0.634. The van der Waals surface area contributed by atoms with Gasteiger partial charge in [-0.15, -0.1) is 10.2 Å². The lowest BCUT2D eigenvalue weighted by Gasteiger charge is -2.07. The van der Waals surface area contributed by atoms with E-state index < -0.39 is 0 Å². The zero-order chi connectivity index (χ0) is 12.0. The molecule has 0 fully saturated rings. The molecule has 3 rings (SSSR count). The Morgan fingerprint density at radius 3 is 2.88 bits per heavy atom. The van der Waals surface area contributed by atoms with E-state index in [0.717, 1.165) is 11.2 Å². The molecule has 0 spiro atoms. The minimum atomic E-state index is 0.532. The Morgan fingerprint density at radius 1 is 1.29 bits per heavy atom. The first-order chi connectivity index (χ1) is 8.20. The van der Waals surface area contributed by atoms with Gasteiger partial charge in [0.1, 0.15) is 0 Å². The lowest BCUT2D eigenvalue weighted by atomic mass is 10.2. The number of methoxy groups -OCH3 is 1. The predicted molar refractivity (Wildman–Crippen MR) is 64.0 cm³/mol. The maximum absolute atomic E-state index is 5.82. The summed E-state index contributed by atoms with van der Waals surface area (Å²) in [7, 11) is 1.56. The van der Waals surface area contributed by atoms with Gasteiger partial charge in [0.15, 0.2) is 16.9 Å². The van der Waals surface area contributed by atoms with E-state index in [2.05, 4.69) is 15.3 Å². The van der Waals surface area contributed by atoms with E-state index in [1.165, 1.54) is 0 Å². The number of rotatable bonds is 1. The van der Waals surface area contributed by atoms with Gasteiger partial charge in [0.25, 0.3) is 0 Å². The first-order valence-corrected chi connectivity index (χ1v) is 5.16. The van der Waals surface area contributed by atoms with Crippen molar-refractivity contribution in [1.82, 2.24) is 19.8 Å². The number of aromatic nitrogens is 4. The number of nitrogens with two attached hydrogens (primary N) is 1. The molecule has 0 atom stereocenters. The van der Waals surface area contributed by atoms with Gasteiger partial charge in [0.2, 0.25) is 0 Å². The number of hydrogen-bond acceptors (Lipinski definition) is 5. The normalized spacial score (nSPS) is 11.2. The highest BCUT2D eigenvalue weighted by molar-refractivity contribution is 5.87. The van der Waals surface area contributed by atoms with Crippen LogP contribution in [-0.4, -0.2) is 26.9 Å². The molecule has 2 aromatic heterocycles. The van der Waals surface area contributed by atoms with E-state index in [9.17, 15) is 0 Å². The Balaban J connectivity index is 2.51. The largest absolute Gasteiger partial charge is 0.492 e. The van der Waals surface area contributed by atoms with Crippen LogP contribution in [0.1, 0.15) is 5.69 Å². The van der Waals surface area contributed by atoms with E-state index >= 15 is 0 Å². The summed E-state index contributed by atoms with van der Waals surface area (Å²) in [6.45, 7) is 1.91. The minimum Gasteiger partial charge on any atom is -0.492 e. The molecule has 2 heterocycles. The topological polar surface area (TPSA) is 78.3 Å². The van der Waals surface area contributed by atoms with Crippen LogP contribution in [0.3, 0.4) is 0 Å². The molecule has 3 aromatic rings. The molecule has 0 saturated heterocycles. The van der Waals surface area contributed by atoms with E-state index in [1.54, 1.807) is 17.7 Å². The van der Waals surface area contributed by atoms with E-state index in [4.69, 9.17) is 10.5 Å². The maximum atomic E-state index is 5.82. The number of nitrogens with zero attached hydrogens (tertiary/aromatic N) is 4. The van der Waals surface area contributed by atoms with Crippen LogP contribution in [0, 0.1) is 6.92 Å². The highest BCUT2D eigenvalue weighted by Gasteiger charge is 2.12. The Kier molecular flexibility index (Phi) is 1.91. The molecule has 0 unspecified atom stereocenters. The van der Waals surface area contributed by atoms with Crippen LogP contribution in [0.25, 0.3) is 16.7 Å². The van der Waals surface area contributed by atoms with Crippen molar-refractivity contribution in [3.8, 4) is 5.75 Å². The van der Waals surface area contributed by atoms with Crippen LogP contribution in [0.5, 0.6) is 5.75 Å². The lowest BCUT2D eigenvalue weighted by Crippen LogP contribution is -2.00. The summed E-state index contributed by atoms with van der Waals surface area (Å²) < 4.78 is 6.98. The van der Waals surface area contributed by atoms with Crippen LogP contribution >= 0.6 is 0 Å². The zero-order valence-corrected chi connectivity index (χ0v) is 9.51. The highest BCUT2D eigenvalue weighted by Crippen LogP contribution is 2.29. The number of aryl methyl sites for hydroxylation is 1. The molecular weight excluding hydrogens is 218 g/mol. The third kappa shape index (κ3) is 1.30. The average molecular weight is 229 g/mol. The van der Waals surface area contributed by atoms with Crippen molar-refractivity contribution < 1.29 is 4.74 Å². The van der Waals surface area contributed by atoms with Crippen molar-refractivity contribution in [3.05, 3.63) is 23.9 Å². The second-order valence-corrected chi connectivity index (χ2v) is 3.81. The predicted octanol–water partition coefficient (Wildman–Crippen LogP) is 1.18. The summed E-state index contributed by atoms with van der Waals surface area (Å²) in [5, 5.41) is 12.6. The SMILES string of the molecule is COc1c(N)ccc2c1nnc1cc(C)nn12. The number of hydrogen-bond donors (Lipinski definition) is 1.